The number of rotatable bonds is 5. The van der Waals surface area contributed by atoms with Crippen molar-refractivity contribution in [2.75, 3.05) is 6.54 Å². The Bertz CT molecular complexity index is 276. The molecule has 14 heavy (non-hydrogen) atoms. The molecular formula is C9H14F2N2S. The van der Waals surface area contributed by atoms with Gasteiger partial charge in [0.05, 0.1) is 16.7 Å². The van der Waals surface area contributed by atoms with E-state index < -0.39 is 12.5 Å². The van der Waals surface area contributed by atoms with Gasteiger partial charge in [0.15, 0.2) is 0 Å². The molecule has 1 unspecified atom stereocenters. The predicted octanol–water partition coefficient (Wildman–Crippen LogP) is 2.24. The van der Waals surface area contributed by atoms with E-state index in [2.05, 4.69) is 10.3 Å². The number of aromatic nitrogens is 1. The van der Waals surface area contributed by atoms with E-state index in [1.54, 1.807) is 0 Å². The van der Waals surface area contributed by atoms with E-state index in [9.17, 15) is 8.78 Å². The number of halogens is 2. The first-order valence-electron chi connectivity index (χ1n) is 4.56. The van der Waals surface area contributed by atoms with Crippen molar-refractivity contribution in [2.24, 2.45) is 0 Å². The van der Waals surface area contributed by atoms with Crippen molar-refractivity contribution in [1.82, 2.24) is 10.3 Å². The molecule has 1 atom stereocenters. The maximum atomic E-state index is 12.5. The van der Waals surface area contributed by atoms with Crippen LogP contribution in [0.2, 0.25) is 0 Å². The van der Waals surface area contributed by atoms with Crippen molar-refractivity contribution in [1.29, 1.82) is 0 Å². The number of hydrogen-bond acceptors (Lipinski definition) is 3. The molecule has 0 aliphatic heterocycles. The van der Waals surface area contributed by atoms with Gasteiger partial charge in [0.2, 0.25) is 0 Å². The molecule has 0 radical (unpaired) electrons. The Morgan fingerprint density at radius 3 is 2.71 bits per heavy atom. The van der Waals surface area contributed by atoms with E-state index in [4.69, 9.17) is 0 Å². The lowest BCUT2D eigenvalue weighted by Crippen LogP contribution is -2.37. The average molecular weight is 220 g/mol. The van der Waals surface area contributed by atoms with Gasteiger partial charge in [-0.2, -0.15) is 0 Å². The topological polar surface area (TPSA) is 24.9 Å². The third-order valence-electron chi connectivity index (χ3n) is 1.87. The van der Waals surface area contributed by atoms with Crippen molar-refractivity contribution in [3.63, 3.8) is 0 Å². The molecule has 0 fully saturated rings. The fraction of sp³-hybridized carbons (Fsp3) is 0.667. The molecule has 0 amide bonds. The summed E-state index contributed by atoms with van der Waals surface area (Å²) >= 11 is 1.49. The molecule has 80 valence electrons. The van der Waals surface area contributed by atoms with Gasteiger partial charge in [0.25, 0.3) is 6.43 Å². The predicted molar refractivity (Wildman–Crippen MR) is 54.0 cm³/mol. The Labute approximate surface area is 86.4 Å². The molecule has 0 aromatic carbocycles. The maximum Gasteiger partial charge on any atom is 0.254 e. The number of thiazole rings is 1. The highest BCUT2D eigenvalue weighted by Crippen LogP contribution is 2.13. The summed E-state index contributed by atoms with van der Waals surface area (Å²) in [4.78, 5) is 4.16. The summed E-state index contributed by atoms with van der Waals surface area (Å²) in [5.74, 6) is 0. The minimum Gasteiger partial charge on any atom is -0.309 e. The zero-order chi connectivity index (χ0) is 10.6. The van der Waals surface area contributed by atoms with Crippen molar-refractivity contribution in [3.05, 3.63) is 16.1 Å². The highest BCUT2D eigenvalue weighted by molar-refractivity contribution is 7.09. The summed E-state index contributed by atoms with van der Waals surface area (Å²) in [7, 11) is 0. The SMILES string of the molecule is CCNC(Cc1csc(C)n1)C(F)F. The molecular weight excluding hydrogens is 206 g/mol. The Hall–Kier alpha value is -0.550. The van der Waals surface area contributed by atoms with Crippen LogP contribution >= 0.6 is 11.3 Å². The molecule has 0 aliphatic carbocycles. The van der Waals surface area contributed by atoms with E-state index >= 15 is 0 Å². The highest BCUT2D eigenvalue weighted by Gasteiger charge is 2.20. The van der Waals surface area contributed by atoms with Gasteiger partial charge in [-0.25, -0.2) is 13.8 Å². The van der Waals surface area contributed by atoms with Crippen LogP contribution < -0.4 is 5.32 Å². The normalized spacial score (nSPS) is 13.5. The second-order valence-electron chi connectivity index (χ2n) is 3.06. The summed E-state index contributed by atoms with van der Waals surface area (Å²) in [5.41, 5.74) is 0.749. The van der Waals surface area contributed by atoms with Gasteiger partial charge >= 0.3 is 0 Å². The maximum absolute atomic E-state index is 12.5. The van der Waals surface area contributed by atoms with Gasteiger partial charge in [-0.3, -0.25) is 0 Å². The second kappa shape index (κ2) is 5.36. The number of nitrogens with one attached hydrogen (secondary N) is 1. The first kappa shape index (κ1) is 11.5. The quantitative estimate of drug-likeness (QED) is 0.823. The fourth-order valence-electron chi connectivity index (χ4n) is 1.24. The van der Waals surface area contributed by atoms with E-state index in [-0.39, 0.29) is 0 Å². The Morgan fingerprint density at radius 1 is 1.57 bits per heavy atom. The Balaban J connectivity index is 2.55. The molecule has 1 heterocycles. The smallest absolute Gasteiger partial charge is 0.254 e. The van der Waals surface area contributed by atoms with Gasteiger partial charge < -0.3 is 5.32 Å². The van der Waals surface area contributed by atoms with Crippen LogP contribution in [0.1, 0.15) is 17.6 Å². The zero-order valence-corrected chi connectivity index (χ0v) is 9.07. The van der Waals surface area contributed by atoms with Gasteiger partial charge in [-0.05, 0) is 13.5 Å². The molecule has 2 nitrogen and oxygen atoms in total. The van der Waals surface area contributed by atoms with Crippen molar-refractivity contribution < 1.29 is 8.78 Å². The third-order valence-corrected chi connectivity index (χ3v) is 2.69. The molecule has 0 saturated carbocycles. The van der Waals surface area contributed by atoms with Gasteiger partial charge in [-0.15, -0.1) is 11.3 Å². The lowest BCUT2D eigenvalue weighted by molar-refractivity contribution is 0.0987. The summed E-state index contributed by atoms with van der Waals surface area (Å²) in [6, 6.07) is -0.776. The van der Waals surface area contributed by atoms with Crippen LogP contribution in [0, 0.1) is 6.92 Å². The van der Waals surface area contributed by atoms with E-state index in [0.717, 1.165) is 10.7 Å². The van der Waals surface area contributed by atoms with E-state index in [1.807, 2.05) is 19.2 Å². The Morgan fingerprint density at radius 2 is 2.29 bits per heavy atom. The number of nitrogens with zero attached hydrogens (tertiary/aromatic N) is 1. The molecule has 1 aromatic rings. The second-order valence-corrected chi connectivity index (χ2v) is 4.12. The number of hydrogen-bond donors (Lipinski definition) is 1. The monoisotopic (exact) mass is 220 g/mol. The number of likely N-dealkylation sites (N-methyl/N-ethyl adjacent to an activating group) is 1. The first-order valence-corrected chi connectivity index (χ1v) is 5.44. The summed E-state index contributed by atoms with van der Waals surface area (Å²) in [5, 5.41) is 5.51. The van der Waals surface area contributed by atoms with Crippen LogP contribution in [0.25, 0.3) is 0 Å². The fourth-order valence-corrected chi connectivity index (χ4v) is 1.87. The molecule has 1 N–H and O–H groups in total. The minimum atomic E-state index is -2.34. The molecule has 0 saturated heterocycles. The van der Waals surface area contributed by atoms with Crippen molar-refractivity contribution in [2.45, 2.75) is 32.7 Å². The zero-order valence-electron chi connectivity index (χ0n) is 8.26. The number of alkyl halides is 2. The molecule has 0 spiro atoms. The molecule has 1 aromatic heterocycles. The molecule has 5 heteroatoms. The van der Waals surface area contributed by atoms with E-state index in [0.29, 0.717) is 13.0 Å². The summed E-state index contributed by atoms with van der Waals surface area (Å²) in [6.07, 6.45) is -2.03. The number of aryl methyl sites for hydroxylation is 1. The van der Waals surface area contributed by atoms with Crippen LogP contribution in [0.4, 0.5) is 8.78 Å². The molecule has 0 bridgehead atoms. The van der Waals surface area contributed by atoms with Gasteiger partial charge in [0, 0.05) is 11.8 Å². The lowest BCUT2D eigenvalue weighted by Gasteiger charge is -2.15. The Kier molecular flexibility index (Phi) is 4.41. The largest absolute Gasteiger partial charge is 0.309 e. The van der Waals surface area contributed by atoms with Gasteiger partial charge in [-0.1, -0.05) is 6.92 Å². The molecule has 1 rings (SSSR count). The standard InChI is InChI=1S/C9H14F2N2S/c1-3-12-8(9(10)11)4-7-5-14-6(2)13-7/h5,8-9,12H,3-4H2,1-2H3. The third kappa shape index (κ3) is 3.31. The van der Waals surface area contributed by atoms with Gasteiger partial charge in [0.1, 0.15) is 0 Å². The van der Waals surface area contributed by atoms with Crippen molar-refractivity contribution in [3.8, 4) is 0 Å². The summed E-state index contributed by atoms with van der Waals surface area (Å²) < 4.78 is 25.0. The molecule has 0 aliphatic rings. The average Bonchev–Trinajstić information content (AvgIpc) is 2.50. The minimum absolute atomic E-state index is 0.301. The van der Waals surface area contributed by atoms with Crippen LogP contribution in [0.5, 0.6) is 0 Å². The van der Waals surface area contributed by atoms with E-state index in [1.165, 1.54) is 11.3 Å². The highest BCUT2D eigenvalue weighted by atomic mass is 32.1. The van der Waals surface area contributed by atoms with Crippen LogP contribution in [0.15, 0.2) is 5.38 Å². The van der Waals surface area contributed by atoms with Crippen LogP contribution in [-0.4, -0.2) is 24.0 Å². The van der Waals surface area contributed by atoms with Crippen molar-refractivity contribution >= 4 is 11.3 Å². The summed E-state index contributed by atoms with van der Waals surface area (Å²) in [6.45, 7) is 4.25. The van der Waals surface area contributed by atoms with Crippen LogP contribution in [0.3, 0.4) is 0 Å². The van der Waals surface area contributed by atoms with Crippen LogP contribution in [-0.2, 0) is 6.42 Å². The first-order chi connectivity index (χ1) is 6.63. The lowest BCUT2D eigenvalue weighted by atomic mass is 10.2.